The van der Waals surface area contributed by atoms with E-state index in [0.29, 0.717) is 5.11 Å². The summed E-state index contributed by atoms with van der Waals surface area (Å²) < 4.78 is 2.26. The molecule has 1 aliphatic heterocycles. The van der Waals surface area contributed by atoms with Crippen LogP contribution in [0.2, 0.25) is 0 Å². The summed E-state index contributed by atoms with van der Waals surface area (Å²) in [6, 6.07) is 20.8. The van der Waals surface area contributed by atoms with E-state index >= 15 is 0 Å². The number of anilines is 1. The number of rotatable bonds is 4. The molecule has 2 unspecified atom stereocenters. The van der Waals surface area contributed by atoms with E-state index in [1.54, 1.807) is 6.20 Å². The Morgan fingerprint density at radius 3 is 2.41 bits per heavy atom. The van der Waals surface area contributed by atoms with Crippen LogP contribution in [0, 0.1) is 20.8 Å². The van der Waals surface area contributed by atoms with Crippen molar-refractivity contribution in [3.05, 3.63) is 107 Å². The van der Waals surface area contributed by atoms with Gasteiger partial charge in [0.25, 0.3) is 0 Å². The second-order valence-corrected chi connectivity index (χ2v) is 8.59. The van der Waals surface area contributed by atoms with Crippen LogP contribution in [0.15, 0.2) is 79.3 Å². The van der Waals surface area contributed by atoms with Crippen molar-refractivity contribution < 1.29 is 0 Å². The first kappa shape index (κ1) is 20.4. The summed E-state index contributed by atoms with van der Waals surface area (Å²) in [4.78, 5) is 11.2. The van der Waals surface area contributed by atoms with E-state index in [4.69, 9.17) is 12.2 Å². The zero-order valence-corrected chi connectivity index (χ0v) is 19.2. The molecule has 5 rings (SSSR count). The second kappa shape index (κ2) is 8.20. The van der Waals surface area contributed by atoms with Gasteiger partial charge in [0.05, 0.1) is 29.7 Å². The van der Waals surface area contributed by atoms with E-state index < -0.39 is 0 Å². The quantitative estimate of drug-likeness (QED) is 0.433. The van der Waals surface area contributed by atoms with Crippen molar-refractivity contribution in [2.24, 2.45) is 0 Å². The Balaban J connectivity index is 1.68. The molecular weight excluding hydrogens is 414 g/mol. The number of aryl methyl sites for hydroxylation is 2. The zero-order valence-electron chi connectivity index (χ0n) is 18.4. The molecule has 1 aliphatic rings. The standard InChI is InChI=1S/C26H25N5S/c1-17-9-11-20(12-10-17)31-25(24(29-26(31)32)23-8-4-5-14-28-23)22-15-18(2)30(19(22)3)21-7-6-13-27-16-21/h4-16,24-25H,1-3H3,(H,29,32). The first-order chi connectivity index (χ1) is 15.5. The second-order valence-electron chi connectivity index (χ2n) is 8.21. The molecule has 6 heteroatoms. The molecule has 0 bridgehead atoms. The molecule has 4 heterocycles. The van der Waals surface area contributed by atoms with Crippen LogP contribution in [0.1, 0.15) is 40.3 Å². The van der Waals surface area contributed by atoms with E-state index in [2.05, 4.69) is 88.0 Å². The predicted octanol–water partition coefficient (Wildman–Crippen LogP) is 5.37. The fourth-order valence-electron chi connectivity index (χ4n) is 4.62. The molecule has 1 N–H and O–H groups in total. The molecule has 5 nitrogen and oxygen atoms in total. The third kappa shape index (κ3) is 3.46. The predicted molar refractivity (Wildman–Crippen MR) is 132 cm³/mol. The summed E-state index contributed by atoms with van der Waals surface area (Å²) in [6.07, 6.45) is 5.54. The third-order valence-corrected chi connectivity index (χ3v) is 6.42. The highest BCUT2D eigenvalue weighted by molar-refractivity contribution is 7.80. The molecule has 0 amide bonds. The molecule has 0 saturated carbocycles. The summed E-state index contributed by atoms with van der Waals surface area (Å²) in [5.74, 6) is 0. The molecule has 1 fully saturated rings. The Hall–Kier alpha value is -3.51. The number of hydrogen-bond acceptors (Lipinski definition) is 3. The van der Waals surface area contributed by atoms with Crippen LogP contribution in [-0.4, -0.2) is 19.6 Å². The van der Waals surface area contributed by atoms with Crippen LogP contribution < -0.4 is 10.2 Å². The maximum absolute atomic E-state index is 5.86. The molecular formula is C26H25N5S. The van der Waals surface area contributed by atoms with Gasteiger partial charge in [-0.3, -0.25) is 9.97 Å². The van der Waals surface area contributed by atoms with Gasteiger partial charge in [0.1, 0.15) is 0 Å². The van der Waals surface area contributed by atoms with Crippen molar-refractivity contribution in [3.63, 3.8) is 0 Å². The van der Waals surface area contributed by atoms with Gasteiger partial charge in [0.15, 0.2) is 5.11 Å². The molecule has 0 radical (unpaired) electrons. The SMILES string of the molecule is Cc1ccc(N2C(=S)NC(c3ccccn3)C2c2cc(C)n(-c3cccnc3)c2C)cc1. The molecule has 160 valence electrons. The van der Waals surface area contributed by atoms with Gasteiger partial charge < -0.3 is 14.8 Å². The first-order valence-electron chi connectivity index (χ1n) is 10.7. The summed E-state index contributed by atoms with van der Waals surface area (Å²) in [7, 11) is 0. The van der Waals surface area contributed by atoms with E-state index in [-0.39, 0.29) is 12.1 Å². The number of aromatic nitrogens is 3. The maximum atomic E-state index is 5.86. The average molecular weight is 440 g/mol. The van der Waals surface area contributed by atoms with E-state index in [9.17, 15) is 0 Å². The van der Waals surface area contributed by atoms with Crippen LogP contribution in [0.4, 0.5) is 5.69 Å². The molecule has 1 saturated heterocycles. The van der Waals surface area contributed by atoms with Crippen molar-refractivity contribution in [3.8, 4) is 5.69 Å². The summed E-state index contributed by atoms with van der Waals surface area (Å²) in [5.41, 5.74) is 7.87. The topological polar surface area (TPSA) is 46.0 Å². The van der Waals surface area contributed by atoms with Crippen LogP contribution >= 0.6 is 12.2 Å². The lowest BCUT2D eigenvalue weighted by atomic mass is 9.96. The highest BCUT2D eigenvalue weighted by Crippen LogP contribution is 2.43. The largest absolute Gasteiger partial charge is 0.351 e. The Morgan fingerprint density at radius 1 is 0.906 bits per heavy atom. The Labute approximate surface area is 193 Å². The van der Waals surface area contributed by atoms with Gasteiger partial charge in [-0.15, -0.1) is 0 Å². The fraction of sp³-hybridized carbons (Fsp3) is 0.192. The van der Waals surface area contributed by atoms with Crippen LogP contribution in [0.3, 0.4) is 0 Å². The minimum absolute atomic E-state index is 0.0308. The molecule has 4 aromatic rings. The molecule has 3 aromatic heterocycles. The summed E-state index contributed by atoms with van der Waals surface area (Å²) in [6.45, 7) is 6.40. The Kier molecular flexibility index (Phi) is 5.23. The summed E-state index contributed by atoms with van der Waals surface area (Å²) >= 11 is 5.86. The molecule has 0 spiro atoms. The van der Waals surface area contributed by atoms with Crippen LogP contribution in [0.5, 0.6) is 0 Å². The van der Waals surface area contributed by atoms with Crippen molar-refractivity contribution >= 4 is 23.0 Å². The minimum atomic E-state index is -0.0622. The number of thiocarbonyl (C=S) groups is 1. The first-order valence-corrected chi connectivity index (χ1v) is 11.1. The monoisotopic (exact) mass is 439 g/mol. The van der Waals surface area contributed by atoms with Crippen LogP contribution in [0.25, 0.3) is 5.69 Å². The van der Waals surface area contributed by atoms with Crippen molar-refractivity contribution in [2.75, 3.05) is 4.90 Å². The average Bonchev–Trinajstić information content (AvgIpc) is 3.31. The Bertz CT molecular complexity index is 1250. The van der Waals surface area contributed by atoms with Gasteiger partial charge in [0.2, 0.25) is 0 Å². The van der Waals surface area contributed by atoms with Crippen LogP contribution in [-0.2, 0) is 0 Å². The van der Waals surface area contributed by atoms with E-state index in [0.717, 1.165) is 22.8 Å². The fourth-order valence-corrected chi connectivity index (χ4v) is 4.97. The number of pyridine rings is 2. The maximum Gasteiger partial charge on any atom is 0.174 e. The Morgan fingerprint density at radius 2 is 1.72 bits per heavy atom. The lowest BCUT2D eigenvalue weighted by Gasteiger charge is -2.28. The normalized spacial score (nSPS) is 18.1. The van der Waals surface area contributed by atoms with Gasteiger partial charge in [0, 0.05) is 29.5 Å². The lowest BCUT2D eigenvalue weighted by molar-refractivity contribution is 0.565. The number of hydrogen-bond donors (Lipinski definition) is 1. The van der Waals surface area contributed by atoms with Gasteiger partial charge in [-0.1, -0.05) is 23.8 Å². The van der Waals surface area contributed by atoms with E-state index in [1.807, 2.05) is 30.6 Å². The van der Waals surface area contributed by atoms with Gasteiger partial charge in [-0.25, -0.2) is 0 Å². The number of benzene rings is 1. The van der Waals surface area contributed by atoms with E-state index in [1.165, 1.54) is 16.8 Å². The molecule has 0 aliphatic carbocycles. The molecule has 1 aromatic carbocycles. The third-order valence-electron chi connectivity index (χ3n) is 6.10. The smallest absolute Gasteiger partial charge is 0.174 e. The lowest BCUT2D eigenvalue weighted by Crippen LogP contribution is -2.29. The van der Waals surface area contributed by atoms with Crippen molar-refractivity contribution in [2.45, 2.75) is 32.9 Å². The van der Waals surface area contributed by atoms with Gasteiger partial charge in [-0.05, 0) is 81.0 Å². The minimum Gasteiger partial charge on any atom is -0.351 e. The number of nitrogens with zero attached hydrogens (tertiary/aromatic N) is 4. The number of nitrogens with one attached hydrogen (secondary N) is 1. The highest BCUT2D eigenvalue weighted by atomic mass is 32.1. The molecule has 32 heavy (non-hydrogen) atoms. The highest BCUT2D eigenvalue weighted by Gasteiger charge is 2.42. The summed E-state index contributed by atoms with van der Waals surface area (Å²) in [5, 5.41) is 4.26. The molecule has 2 atom stereocenters. The van der Waals surface area contributed by atoms with Crippen molar-refractivity contribution in [1.29, 1.82) is 0 Å². The van der Waals surface area contributed by atoms with Gasteiger partial charge in [-0.2, -0.15) is 0 Å². The van der Waals surface area contributed by atoms with Gasteiger partial charge >= 0.3 is 0 Å². The van der Waals surface area contributed by atoms with Crippen molar-refractivity contribution in [1.82, 2.24) is 19.9 Å². The zero-order chi connectivity index (χ0) is 22.2.